The largest absolute Gasteiger partial charge is 0.493 e. The highest BCUT2D eigenvalue weighted by atomic mass is 16.5. The van der Waals surface area contributed by atoms with Crippen LogP contribution in [0.15, 0.2) is 36.4 Å². The lowest BCUT2D eigenvalue weighted by Crippen LogP contribution is -2.22. The summed E-state index contributed by atoms with van der Waals surface area (Å²) in [5.74, 6) is 0.762. The van der Waals surface area contributed by atoms with Gasteiger partial charge in [-0.05, 0) is 42.0 Å². The van der Waals surface area contributed by atoms with Crippen molar-refractivity contribution >= 4 is 17.5 Å². The quantitative estimate of drug-likeness (QED) is 0.369. The summed E-state index contributed by atoms with van der Waals surface area (Å²) in [7, 11) is 5.82. The molecule has 8 nitrogen and oxygen atoms in total. The van der Waals surface area contributed by atoms with Crippen molar-refractivity contribution in [1.29, 1.82) is 5.41 Å². The summed E-state index contributed by atoms with van der Waals surface area (Å²) in [4.78, 5) is 12.4. The number of hydrogen-bond donors (Lipinski definition) is 3. The number of hydrogen-bond acceptors (Lipinski definition) is 7. The average Bonchev–Trinajstić information content (AvgIpc) is 2.70. The van der Waals surface area contributed by atoms with Gasteiger partial charge in [0.1, 0.15) is 5.84 Å². The zero-order valence-electron chi connectivity index (χ0n) is 15.7. The molecule has 144 valence electrons. The second-order valence-corrected chi connectivity index (χ2v) is 5.55. The average molecular weight is 373 g/mol. The first-order valence-electron chi connectivity index (χ1n) is 8.03. The number of carbonyl (C=O) groups excluding carboxylic acids is 1. The van der Waals surface area contributed by atoms with E-state index in [9.17, 15) is 4.79 Å². The number of ether oxygens (including phenoxy) is 4. The molecule has 0 aromatic heterocycles. The number of nitrogens with two attached hydrogens (primary N) is 1. The van der Waals surface area contributed by atoms with E-state index < -0.39 is 12.0 Å². The third-order valence-electron chi connectivity index (χ3n) is 3.96. The minimum absolute atomic E-state index is 0.0318. The molecule has 0 radical (unpaired) electrons. The Morgan fingerprint density at radius 2 is 1.56 bits per heavy atom. The van der Waals surface area contributed by atoms with Crippen LogP contribution in [0, 0.1) is 5.41 Å². The Balaban J connectivity index is 2.44. The first kappa shape index (κ1) is 19.9. The van der Waals surface area contributed by atoms with Crippen molar-refractivity contribution < 1.29 is 23.7 Å². The van der Waals surface area contributed by atoms with E-state index >= 15 is 0 Å². The fraction of sp³-hybridized carbons (Fsp3) is 0.263. The van der Waals surface area contributed by atoms with Gasteiger partial charge in [-0.25, -0.2) is 4.79 Å². The molecule has 2 aromatic carbocycles. The van der Waals surface area contributed by atoms with E-state index in [1.165, 1.54) is 28.4 Å². The van der Waals surface area contributed by atoms with E-state index in [1.807, 2.05) is 0 Å². The number of nitrogen functional groups attached to an aromatic ring is 1. The number of benzene rings is 2. The summed E-state index contributed by atoms with van der Waals surface area (Å²) in [5, 5.41) is 10.6. The maximum absolute atomic E-state index is 12.4. The van der Waals surface area contributed by atoms with Crippen LogP contribution in [0.4, 0.5) is 5.69 Å². The summed E-state index contributed by atoms with van der Waals surface area (Å²) in [6.45, 7) is 0. The van der Waals surface area contributed by atoms with Gasteiger partial charge >= 0.3 is 5.97 Å². The molecule has 8 heteroatoms. The van der Waals surface area contributed by atoms with Crippen molar-refractivity contribution in [3.05, 3.63) is 47.5 Å². The lowest BCUT2D eigenvalue weighted by atomic mass is 10.0. The summed E-state index contributed by atoms with van der Waals surface area (Å²) >= 11 is 0. The molecule has 2 rings (SSSR count). The highest BCUT2D eigenvalue weighted by Gasteiger charge is 2.25. The van der Waals surface area contributed by atoms with Gasteiger partial charge in [-0.15, -0.1) is 0 Å². The molecule has 2 aromatic rings. The number of nitrogens with one attached hydrogen (secondary N) is 2. The van der Waals surface area contributed by atoms with Crippen LogP contribution in [0.2, 0.25) is 0 Å². The molecule has 27 heavy (non-hydrogen) atoms. The number of esters is 1. The molecule has 1 atom stereocenters. The Morgan fingerprint density at radius 1 is 1.00 bits per heavy atom. The summed E-state index contributed by atoms with van der Waals surface area (Å²) < 4.78 is 21.0. The second-order valence-electron chi connectivity index (χ2n) is 5.55. The molecular weight excluding hydrogens is 350 g/mol. The molecule has 0 saturated carbocycles. The normalized spacial score (nSPS) is 11.3. The van der Waals surface area contributed by atoms with Gasteiger partial charge in [-0.2, -0.15) is 0 Å². The molecule has 4 N–H and O–H groups in total. The molecule has 1 unspecified atom stereocenters. The van der Waals surface area contributed by atoms with Crippen molar-refractivity contribution in [2.45, 2.75) is 6.04 Å². The Bertz CT molecular complexity index is 796. The Morgan fingerprint density at radius 3 is 1.96 bits per heavy atom. The highest BCUT2D eigenvalue weighted by molar-refractivity contribution is 5.95. The van der Waals surface area contributed by atoms with Crippen LogP contribution >= 0.6 is 0 Å². The molecular formula is C19H23N3O5. The molecule has 0 amide bonds. The minimum atomic E-state index is -0.813. The van der Waals surface area contributed by atoms with Gasteiger partial charge in [0.25, 0.3) is 0 Å². The molecule has 0 heterocycles. The van der Waals surface area contributed by atoms with E-state index in [2.05, 4.69) is 5.32 Å². The fourth-order valence-electron chi connectivity index (χ4n) is 2.58. The van der Waals surface area contributed by atoms with Crippen molar-refractivity contribution in [2.75, 3.05) is 33.8 Å². The predicted molar refractivity (Wildman–Crippen MR) is 102 cm³/mol. The third-order valence-corrected chi connectivity index (χ3v) is 3.96. The highest BCUT2D eigenvalue weighted by Crippen LogP contribution is 2.40. The number of carbonyl (C=O) groups is 1. The first-order valence-corrected chi connectivity index (χ1v) is 8.03. The van der Waals surface area contributed by atoms with Crippen LogP contribution < -0.4 is 25.3 Å². The predicted octanol–water partition coefficient (Wildman–Crippen LogP) is 2.32. The molecule has 0 spiro atoms. The topological polar surface area (TPSA) is 116 Å². The zero-order chi connectivity index (χ0) is 20.0. The molecule has 0 fully saturated rings. The standard InChI is InChI=1S/C19H23N3O5/c1-24-14-9-12(10-15(25-2)17(14)26-3)16(19(23)27-4)22-13-7-5-11(6-8-13)18(20)21/h5-10,16,22H,1-4H3,(H3,20,21). The monoisotopic (exact) mass is 373 g/mol. The van der Waals surface area contributed by atoms with Crippen LogP contribution in [-0.2, 0) is 9.53 Å². The Kier molecular flexibility index (Phi) is 6.48. The van der Waals surface area contributed by atoms with Crippen molar-refractivity contribution in [3.63, 3.8) is 0 Å². The van der Waals surface area contributed by atoms with Gasteiger partial charge in [0.2, 0.25) is 5.75 Å². The van der Waals surface area contributed by atoms with Gasteiger partial charge in [-0.1, -0.05) is 0 Å². The molecule has 0 aliphatic heterocycles. The van der Waals surface area contributed by atoms with Gasteiger partial charge in [-0.3, -0.25) is 5.41 Å². The minimum Gasteiger partial charge on any atom is -0.493 e. The molecule has 0 aliphatic rings. The maximum atomic E-state index is 12.4. The summed E-state index contributed by atoms with van der Waals surface area (Å²) in [6.07, 6.45) is 0. The molecule has 0 saturated heterocycles. The summed E-state index contributed by atoms with van der Waals surface area (Å²) in [5.41, 5.74) is 7.28. The zero-order valence-corrected chi connectivity index (χ0v) is 15.7. The SMILES string of the molecule is COC(=O)C(Nc1ccc(C(=N)N)cc1)c1cc(OC)c(OC)c(OC)c1. The van der Waals surface area contributed by atoms with E-state index in [-0.39, 0.29) is 5.84 Å². The van der Waals surface area contributed by atoms with E-state index in [1.54, 1.807) is 36.4 Å². The second kappa shape index (κ2) is 8.79. The lowest BCUT2D eigenvalue weighted by molar-refractivity contribution is -0.141. The van der Waals surface area contributed by atoms with E-state index in [4.69, 9.17) is 30.1 Å². The smallest absolute Gasteiger partial charge is 0.332 e. The third kappa shape index (κ3) is 4.41. The maximum Gasteiger partial charge on any atom is 0.332 e. The summed E-state index contributed by atoms with van der Waals surface area (Å²) in [6, 6.07) is 9.38. The van der Waals surface area contributed by atoms with Gasteiger partial charge in [0.15, 0.2) is 17.5 Å². The van der Waals surface area contributed by atoms with Crippen LogP contribution in [0.25, 0.3) is 0 Å². The van der Waals surface area contributed by atoms with Crippen LogP contribution in [0.5, 0.6) is 17.2 Å². The number of rotatable bonds is 8. The van der Waals surface area contributed by atoms with Crippen LogP contribution in [-0.4, -0.2) is 40.2 Å². The van der Waals surface area contributed by atoms with Gasteiger partial charge in [0, 0.05) is 11.3 Å². The fourth-order valence-corrected chi connectivity index (χ4v) is 2.58. The number of methoxy groups -OCH3 is 4. The molecule has 0 aliphatic carbocycles. The van der Waals surface area contributed by atoms with E-state index in [0.717, 1.165) is 0 Å². The molecule has 0 bridgehead atoms. The van der Waals surface area contributed by atoms with Crippen molar-refractivity contribution in [1.82, 2.24) is 0 Å². The van der Waals surface area contributed by atoms with Crippen LogP contribution in [0.1, 0.15) is 17.2 Å². The Hall–Kier alpha value is -3.42. The Labute approximate surface area is 157 Å². The van der Waals surface area contributed by atoms with Crippen LogP contribution in [0.3, 0.4) is 0 Å². The first-order chi connectivity index (χ1) is 12.9. The van der Waals surface area contributed by atoms with E-state index in [0.29, 0.717) is 34.1 Å². The van der Waals surface area contributed by atoms with Gasteiger partial charge < -0.3 is 30.0 Å². The van der Waals surface area contributed by atoms with Gasteiger partial charge in [0.05, 0.1) is 28.4 Å². The van der Waals surface area contributed by atoms with Crippen molar-refractivity contribution in [2.24, 2.45) is 5.73 Å². The lowest BCUT2D eigenvalue weighted by Gasteiger charge is -2.21. The number of amidine groups is 1. The van der Waals surface area contributed by atoms with Crippen molar-refractivity contribution in [3.8, 4) is 17.2 Å². The number of anilines is 1.